The van der Waals surface area contributed by atoms with Gasteiger partial charge in [0.05, 0.1) is 23.2 Å². The highest BCUT2D eigenvalue weighted by Gasteiger charge is 2.48. The molecule has 4 aromatic carbocycles. The van der Waals surface area contributed by atoms with E-state index in [2.05, 4.69) is 26.1 Å². The fraction of sp³-hybridized carbons (Fsp3) is 0.143. The third kappa shape index (κ3) is 6.90. The number of hydrogen-bond donors (Lipinski definition) is 2. The van der Waals surface area contributed by atoms with Crippen LogP contribution in [0.2, 0.25) is 0 Å². The number of aliphatic hydroxyl groups is 1. The summed E-state index contributed by atoms with van der Waals surface area (Å²) in [7, 11) is 1.39. The van der Waals surface area contributed by atoms with Gasteiger partial charge >= 0.3 is 5.91 Å². The third-order valence-corrected chi connectivity index (χ3v) is 10.2. The number of carbonyl (C=O) groups excluding carboxylic acids is 2. The second-order valence-corrected chi connectivity index (χ2v) is 13.7. The molecule has 2 heterocycles. The minimum absolute atomic E-state index is 0.117. The summed E-state index contributed by atoms with van der Waals surface area (Å²) in [6.45, 7) is 2.38. The predicted octanol–water partition coefficient (Wildman–Crippen LogP) is 7.82. The number of phenolic OH excluding ortho intramolecular Hbond substituents is 1. The highest BCUT2D eigenvalue weighted by Crippen LogP contribution is 2.47. The van der Waals surface area contributed by atoms with Crippen LogP contribution in [0.25, 0.3) is 5.76 Å². The van der Waals surface area contributed by atoms with E-state index in [1.54, 1.807) is 30.3 Å². The van der Waals surface area contributed by atoms with Crippen LogP contribution in [0.3, 0.4) is 0 Å². The monoisotopic (exact) mass is 729 g/mol. The Kier molecular flexibility index (Phi) is 9.62. The number of ketones is 1. The van der Waals surface area contributed by atoms with Crippen molar-refractivity contribution in [3.63, 3.8) is 0 Å². The van der Waals surface area contributed by atoms with Gasteiger partial charge in [0.25, 0.3) is 5.78 Å². The number of Topliss-reactive ketones (excluding diaryl/α,β-unsaturated/α-hetero) is 1. The van der Waals surface area contributed by atoms with E-state index in [1.165, 1.54) is 41.2 Å². The number of ether oxygens (including phenoxy) is 2. The van der Waals surface area contributed by atoms with Gasteiger partial charge in [-0.3, -0.25) is 14.5 Å². The van der Waals surface area contributed by atoms with Gasteiger partial charge in [0.15, 0.2) is 15.8 Å². The molecule has 0 bridgehead atoms. The third-order valence-electron chi connectivity index (χ3n) is 7.45. The molecule has 1 unspecified atom stereocenters. The second-order valence-electron chi connectivity index (χ2n) is 10.6. The molecular formula is C35H28BrN3O6S2. The number of aromatic hydroxyl groups is 1. The summed E-state index contributed by atoms with van der Waals surface area (Å²) in [4.78, 5) is 28.6. The second kappa shape index (κ2) is 14.0. The molecule has 0 radical (unpaired) electrons. The van der Waals surface area contributed by atoms with Crippen LogP contribution in [-0.2, 0) is 21.9 Å². The Balaban J connectivity index is 1.35. The minimum Gasteiger partial charge on any atom is -0.507 e. The number of nitrogens with zero attached hydrogens (tertiary/aromatic N) is 3. The summed E-state index contributed by atoms with van der Waals surface area (Å²) in [6, 6.07) is 26.5. The zero-order valence-corrected chi connectivity index (χ0v) is 28.4. The summed E-state index contributed by atoms with van der Waals surface area (Å²) in [5.41, 5.74) is 3.83. The molecule has 1 atom stereocenters. The van der Waals surface area contributed by atoms with E-state index in [1.807, 2.05) is 61.5 Å². The number of hydrogen-bond acceptors (Lipinski definition) is 10. The molecule has 47 heavy (non-hydrogen) atoms. The highest BCUT2D eigenvalue weighted by atomic mass is 79.9. The lowest BCUT2D eigenvalue weighted by Crippen LogP contribution is -2.29. The number of amides is 1. The maximum atomic E-state index is 13.7. The first-order chi connectivity index (χ1) is 22.7. The molecule has 2 N–H and O–H groups in total. The topological polar surface area (TPSA) is 122 Å². The molecule has 1 amide bonds. The SMILES string of the molecule is COc1cc(C2/C(=C(\O)c3ccc(OCc4cccc(C)c4)cc3)C(=O)C(=O)N2c2nnc(SCc3ccccc3)s2)cc(Br)c1O. The zero-order valence-electron chi connectivity index (χ0n) is 25.2. The van der Waals surface area contributed by atoms with Gasteiger partial charge in [0.2, 0.25) is 5.13 Å². The Morgan fingerprint density at radius 3 is 2.45 bits per heavy atom. The first kappa shape index (κ1) is 32.3. The molecule has 5 aromatic rings. The summed E-state index contributed by atoms with van der Waals surface area (Å²) in [6.07, 6.45) is 0. The predicted molar refractivity (Wildman–Crippen MR) is 185 cm³/mol. The van der Waals surface area contributed by atoms with Crippen LogP contribution in [0.4, 0.5) is 5.13 Å². The van der Waals surface area contributed by atoms with E-state index in [-0.39, 0.29) is 32.4 Å². The van der Waals surface area contributed by atoms with E-state index in [4.69, 9.17) is 9.47 Å². The average molecular weight is 731 g/mol. The van der Waals surface area contributed by atoms with Gasteiger partial charge in [-0.2, -0.15) is 0 Å². The lowest BCUT2D eigenvalue weighted by molar-refractivity contribution is -0.132. The number of aliphatic hydroxyl groups excluding tert-OH is 1. The van der Waals surface area contributed by atoms with Crippen molar-refractivity contribution in [1.29, 1.82) is 0 Å². The molecule has 6 rings (SSSR count). The van der Waals surface area contributed by atoms with Crippen LogP contribution in [0, 0.1) is 6.92 Å². The molecular weight excluding hydrogens is 702 g/mol. The van der Waals surface area contributed by atoms with Crippen LogP contribution in [0.1, 0.15) is 33.9 Å². The molecule has 1 fully saturated rings. The maximum absolute atomic E-state index is 13.7. The number of thioether (sulfide) groups is 1. The Bertz CT molecular complexity index is 1980. The van der Waals surface area contributed by atoms with Gasteiger partial charge in [0, 0.05) is 11.3 Å². The number of rotatable bonds is 10. The molecule has 0 saturated carbocycles. The quantitative estimate of drug-likeness (QED) is 0.0487. The van der Waals surface area contributed by atoms with Gasteiger partial charge in [-0.1, -0.05) is 83.3 Å². The van der Waals surface area contributed by atoms with Gasteiger partial charge in [0.1, 0.15) is 18.1 Å². The normalized spacial score (nSPS) is 15.6. The van der Waals surface area contributed by atoms with Gasteiger partial charge < -0.3 is 19.7 Å². The van der Waals surface area contributed by atoms with Crippen molar-refractivity contribution < 1.29 is 29.3 Å². The Morgan fingerprint density at radius 2 is 1.72 bits per heavy atom. The molecule has 1 aromatic heterocycles. The molecule has 0 aliphatic carbocycles. The van der Waals surface area contributed by atoms with Gasteiger partial charge in [-0.05, 0) is 75.9 Å². The molecule has 1 saturated heterocycles. The van der Waals surface area contributed by atoms with E-state index in [0.717, 1.165) is 16.7 Å². The number of halogens is 1. The van der Waals surface area contributed by atoms with Crippen molar-refractivity contribution >= 4 is 61.6 Å². The number of phenols is 1. The zero-order chi connectivity index (χ0) is 33.1. The summed E-state index contributed by atoms with van der Waals surface area (Å²) in [5, 5.41) is 30.8. The number of anilines is 1. The molecule has 12 heteroatoms. The number of methoxy groups -OCH3 is 1. The smallest absolute Gasteiger partial charge is 0.301 e. The van der Waals surface area contributed by atoms with Crippen LogP contribution in [0.15, 0.2) is 105 Å². The maximum Gasteiger partial charge on any atom is 0.301 e. The van der Waals surface area contributed by atoms with E-state index in [0.29, 0.717) is 33.6 Å². The van der Waals surface area contributed by atoms with E-state index in [9.17, 15) is 19.8 Å². The van der Waals surface area contributed by atoms with Crippen molar-refractivity contribution in [2.75, 3.05) is 12.0 Å². The van der Waals surface area contributed by atoms with Crippen molar-refractivity contribution in [2.45, 2.75) is 29.7 Å². The first-order valence-electron chi connectivity index (χ1n) is 14.4. The molecule has 238 valence electrons. The van der Waals surface area contributed by atoms with Crippen molar-refractivity contribution in [3.8, 4) is 17.2 Å². The fourth-order valence-corrected chi connectivity index (χ4v) is 7.45. The Hall–Kier alpha value is -4.65. The van der Waals surface area contributed by atoms with Crippen LogP contribution in [0.5, 0.6) is 17.2 Å². The van der Waals surface area contributed by atoms with Gasteiger partial charge in [-0.15, -0.1) is 10.2 Å². The largest absolute Gasteiger partial charge is 0.507 e. The van der Waals surface area contributed by atoms with E-state index < -0.39 is 17.7 Å². The number of aryl methyl sites for hydroxylation is 1. The van der Waals surface area contributed by atoms with Crippen LogP contribution in [-0.4, -0.2) is 39.2 Å². The Morgan fingerprint density at radius 1 is 0.979 bits per heavy atom. The number of aromatic nitrogens is 2. The van der Waals surface area contributed by atoms with Crippen molar-refractivity contribution in [2.24, 2.45) is 0 Å². The fourth-order valence-electron chi connectivity index (χ4n) is 5.16. The average Bonchev–Trinajstić information content (AvgIpc) is 3.66. The lowest BCUT2D eigenvalue weighted by atomic mass is 9.95. The Labute approximate surface area is 287 Å². The highest BCUT2D eigenvalue weighted by molar-refractivity contribution is 9.10. The number of carbonyl (C=O) groups is 2. The molecule has 1 aliphatic heterocycles. The van der Waals surface area contributed by atoms with Crippen LogP contribution < -0.4 is 14.4 Å². The first-order valence-corrected chi connectivity index (χ1v) is 17.0. The number of benzene rings is 4. The summed E-state index contributed by atoms with van der Waals surface area (Å²) < 4.78 is 12.2. The lowest BCUT2D eigenvalue weighted by Gasteiger charge is -2.23. The summed E-state index contributed by atoms with van der Waals surface area (Å²) in [5.74, 6) is -0.937. The molecule has 0 spiro atoms. The van der Waals surface area contributed by atoms with Crippen molar-refractivity contribution in [1.82, 2.24) is 10.2 Å². The minimum atomic E-state index is -1.10. The standard InChI is InChI=1S/C35H28BrN3O6S2/c1-20-7-6-10-22(15-20)18-45-25-13-11-23(12-14-25)30(40)28-29(24-16-26(36)31(41)27(17-24)44-2)39(33(43)32(28)42)34-37-38-35(47-34)46-19-21-8-4-3-5-9-21/h3-17,29,40-41H,18-19H2,1-2H3/b30-28+. The van der Waals surface area contributed by atoms with Crippen molar-refractivity contribution in [3.05, 3.63) is 129 Å². The van der Waals surface area contributed by atoms with Gasteiger partial charge in [-0.25, -0.2) is 0 Å². The van der Waals surface area contributed by atoms with E-state index >= 15 is 0 Å². The summed E-state index contributed by atoms with van der Waals surface area (Å²) >= 11 is 5.97. The van der Waals surface area contributed by atoms with Crippen LogP contribution >= 0.6 is 39.0 Å². The molecule has 9 nitrogen and oxygen atoms in total. The molecule has 1 aliphatic rings.